The molecule has 0 atom stereocenters. The standard InChI is InChI=1S/C11H8ClF3N2O/c12-7-1-3-8(4-2-7)17-9(6-18)5-10(16-17)11(13,14)15/h1-5,18H,6H2. The Labute approximate surface area is 105 Å². The van der Waals surface area contributed by atoms with Crippen LogP contribution in [0.5, 0.6) is 0 Å². The monoisotopic (exact) mass is 276 g/mol. The van der Waals surface area contributed by atoms with Crippen molar-refractivity contribution in [3.63, 3.8) is 0 Å². The van der Waals surface area contributed by atoms with Gasteiger partial charge in [-0.1, -0.05) is 11.6 Å². The minimum absolute atomic E-state index is 0.0599. The Bertz CT molecular complexity index is 548. The highest BCUT2D eigenvalue weighted by Gasteiger charge is 2.34. The van der Waals surface area contributed by atoms with Gasteiger partial charge in [-0.25, -0.2) is 4.68 Å². The maximum atomic E-state index is 12.5. The molecule has 3 nitrogen and oxygen atoms in total. The molecule has 0 aliphatic heterocycles. The third-order valence-electron chi connectivity index (χ3n) is 2.31. The zero-order chi connectivity index (χ0) is 13.3. The quantitative estimate of drug-likeness (QED) is 0.915. The molecule has 0 aliphatic rings. The van der Waals surface area contributed by atoms with E-state index in [0.717, 1.165) is 10.7 Å². The van der Waals surface area contributed by atoms with Crippen molar-refractivity contribution in [2.45, 2.75) is 12.8 Å². The zero-order valence-corrected chi connectivity index (χ0v) is 9.70. The number of aliphatic hydroxyl groups excluding tert-OH is 1. The van der Waals surface area contributed by atoms with E-state index in [-0.39, 0.29) is 5.69 Å². The number of alkyl halides is 3. The van der Waals surface area contributed by atoms with Crippen molar-refractivity contribution in [1.82, 2.24) is 9.78 Å². The molecule has 18 heavy (non-hydrogen) atoms. The highest BCUT2D eigenvalue weighted by Crippen LogP contribution is 2.29. The van der Waals surface area contributed by atoms with Crippen molar-refractivity contribution in [3.05, 3.63) is 46.7 Å². The Morgan fingerprint density at radius 3 is 2.33 bits per heavy atom. The topological polar surface area (TPSA) is 38.1 Å². The molecule has 0 radical (unpaired) electrons. The average Bonchev–Trinajstić information content (AvgIpc) is 2.73. The van der Waals surface area contributed by atoms with Gasteiger partial charge >= 0.3 is 6.18 Å². The molecule has 0 amide bonds. The zero-order valence-electron chi connectivity index (χ0n) is 8.95. The molecule has 7 heteroatoms. The van der Waals surface area contributed by atoms with Crippen LogP contribution >= 0.6 is 11.6 Å². The van der Waals surface area contributed by atoms with E-state index in [4.69, 9.17) is 16.7 Å². The van der Waals surface area contributed by atoms with Gasteiger partial charge < -0.3 is 5.11 Å². The highest BCUT2D eigenvalue weighted by molar-refractivity contribution is 6.30. The van der Waals surface area contributed by atoms with E-state index >= 15 is 0 Å². The molecular formula is C11H8ClF3N2O. The molecule has 1 N–H and O–H groups in total. The molecule has 2 rings (SSSR count). The molecule has 0 unspecified atom stereocenters. The summed E-state index contributed by atoms with van der Waals surface area (Å²) in [7, 11) is 0. The number of aromatic nitrogens is 2. The van der Waals surface area contributed by atoms with E-state index < -0.39 is 18.5 Å². The van der Waals surface area contributed by atoms with Crippen molar-refractivity contribution in [3.8, 4) is 5.69 Å². The second-order valence-electron chi connectivity index (χ2n) is 3.57. The van der Waals surface area contributed by atoms with Gasteiger partial charge in [0.15, 0.2) is 5.69 Å². The van der Waals surface area contributed by atoms with Gasteiger partial charge in [0, 0.05) is 5.02 Å². The second kappa shape index (κ2) is 4.62. The second-order valence-corrected chi connectivity index (χ2v) is 4.00. The van der Waals surface area contributed by atoms with Crippen LogP contribution in [-0.4, -0.2) is 14.9 Å². The fourth-order valence-corrected chi connectivity index (χ4v) is 1.60. The van der Waals surface area contributed by atoms with Gasteiger partial charge in [-0.3, -0.25) is 0 Å². The van der Waals surface area contributed by atoms with E-state index in [1.807, 2.05) is 0 Å². The van der Waals surface area contributed by atoms with E-state index in [1.54, 1.807) is 0 Å². The van der Waals surface area contributed by atoms with Gasteiger partial charge in [0.25, 0.3) is 0 Å². The van der Waals surface area contributed by atoms with Gasteiger partial charge in [-0.05, 0) is 30.3 Å². The number of nitrogens with zero attached hydrogens (tertiary/aromatic N) is 2. The fourth-order valence-electron chi connectivity index (χ4n) is 1.48. The van der Waals surface area contributed by atoms with Crippen LogP contribution in [-0.2, 0) is 12.8 Å². The van der Waals surface area contributed by atoms with E-state index in [2.05, 4.69) is 5.10 Å². The predicted molar refractivity (Wildman–Crippen MR) is 59.5 cm³/mol. The molecule has 0 spiro atoms. The number of hydrogen-bond donors (Lipinski definition) is 1. The van der Waals surface area contributed by atoms with Crippen LogP contribution in [0.3, 0.4) is 0 Å². The summed E-state index contributed by atoms with van der Waals surface area (Å²) in [5, 5.41) is 13.0. The summed E-state index contributed by atoms with van der Waals surface area (Å²) in [6.07, 6.45) is -4.54. The third kappa shape index (κ3) is 2.49. The van der Waals surface area contributed by atoms with Crippen LogP contribution in [0.15, 0.2) is 30.3 Å². The molecular weight excluding hydrogens is 269 g/mol. The minimum Gasteiger partial charge on any atom is -0.390 e. The molecule has 96 valence electrons. The fraction of sp³-hybridized carbons (Fsp3) is 0.182. The average molecular weight is 277 g/mol. The van der Waals surface area contributed by atoms with E-state index in [0.29, 0.717) is 10.7 Å². The molecule has 1 aromatic heterocycles. The lowest BCUT2D eigenvalue weighted by atomic mass is 10.3. The van der Waals surface area contributed by atoms with Crippen LogP contribution in [0.25, 0.3) is 5.69 Å². The molecule has 2 aromatic rings. The molecule has 0 saturated heterocycles. The van der Waals surface area contributed by atoms with Crippen LogP contribution < -0.4 is 0 Å². The maximum absolute atomic E-state index is 12.5. The first kappa shape index (κ1) is 12.9. The van der Waals surface area contributed by atoms with Gasteiger partial charge in [0.05, 0.1) is 18.0 Å². The number of aliphatic hydroxyl groups is 1. The Kier molecular flexibility index (Phi) is 3.32. The van der Waals surface area contributed by atoms with Crippen molar-refractivity contribution < 1.29 is 18.3 Å². The maximum Gasteiger partial charge on any atom is 0.435 e. The lowest BCUT2D eigenvalue weighted by molar-refractivity contribution is -0.141. The lowest BCUT2D eigenvalue weighted by Gasteiger charge is -2.05. The molecule has 1 aromatic carbocycles. The third-order valence-corrected chi connectivity index (χ3v) is 2.56. The minimum atomic E-state index is -4.54. The van der Waals surface area contributed by atoms with E-state index in [1.165, 1.54) is 24.3 Å². The smallest absolute Gasteiger partial charge is 0.390 e. The summed E-state index contributed by atoms with van der Waals surface area (Å²) in [6, 6.07) is 6.93. The Morgan fingerprint density at radius 1 is 1.22 bits per heavy atom. The summed E-state index contributed by atoms with van der Waals surface area (Å²) < 4.78 is 38.6. The van der Waals surface area contributed by atoms with Gasteiger partial charge in [-0.15, -0.1) is 0 Å². The van der Waals surface area contributed by atoms with E-state index in [9.17, 15) is 13.2 Å². The van der Waals surface area contributed by atoms with Crippen LogP contribution in [0, 0.1) is 0 Å². The summed E-state index contributed by atoms with van der Waals surface area (Å²) >= 11 is 5.69. The van der Waals surface area contributed by atoms with Crippen LogP contribution in [0.4, 0.5) is 13.2 Å². The Hall–Kier alpha value is -1.53. The number of rotatable bonds is 2. The molecule has 0 aliphatic carbocycles. The van der Waals surface area contributed by atoms with Crippen LogP contribution in [0.1, 0.15) is 11.4 Å². The predicted octanol–water partition coefficient (Wildman–Crippen LogP) is 3.04. The molecule has 0 bridgehead atoms. The SMILES string of the molecule is OCc1cc(C(F)(F)F)nn1-c1ccc(Cl)cc1. The normalized spacial score (nSPS) is 11.8. The van der Waals surface area contributed by atoms with Crippen molar-refractivity contribution in [2.24, 2.45) is 0 Å². The molecule has 1 heterocycles. The summed E-state index contributed by atoms with van der Waals surface area (Å²) in [6.45, 7) is -0.536. The summed E-state index contributed by atoms with van der Waals surface area (Å²) in [4.78, 5) is 0. The van der Waals surface area contributed by atoms with Crippen molar-refractivity contribution in [1.29, 1.82) is 0 Å². The van der Waals surface area contributed by atoms with Crippen LogP contribution in [0.2, 0.25) is 5.02 Å². The van der Waals surface area contributed by atoms with Gasteiger partial charge in [0.2, 0.25) is 0 Å². The number of benzene rings is 1. The Balaban J connectivity index is 2.50. The largest absolute Gasteiger partial charge is 0.435 e. The summed E-state index contributed by atoms with van der Waals surface area (Å²) in [5.74, 6) is 0. The molecule has 0 saturated carbocycles. The first-order valence-electron chi connectivity index (χ1n) is 4.95. The van der Waals surface area contributed by atoms with Gasteiger partial charge in [-0.2, -0.15) is 18.3 Å². The Morgan fingerprint density at radius 2 is 1.83 bits per heavy atom. The van der Waals surface area contributed by atoms with Crippen molar-refractivity contribution in [2.75, 3.05) is 0 Å². The number of halogens is 4. The number of hydrogen-bond acceptors (Lipinski definition) is 2. The highest BCUT2D eigenvalue weighted by atomic mass is 35.5. The summed E-state index contributed by atoms with van der Waals surface area (Å²) in [5.41, 5.74) is -0.579. The van der Waals surface area contributed by atoms with Gasteiger partial charge in [0.1, 0.15) is 0 Å². The molecule has 0 fully saturated rings. The lowest BCUT2D eigenvalue weighted by Crippen LogP contribution is -2.07. The van der Waals surface area contributed by atoms with Crippen molar-refractivity contribution >= 4 is 11.6 Å². The first-order chi connectivity index (χ1) is 8.41. The first-order valence-corrected chi connectivity index (χ1v) is 5.32.